The Morgan fingerprint density at radius 1 is 1.47 bits per heavy atom. The predicted molar refractivity (Wildman–Crippen MR) is 76.8 cm³/mol. The van der Waals surface area contributed by atoms with Crippen LogP contribution in [-0.4, -0.2) is 25.1 Å². The van der Waals surface area contributed by atoms with E-state index >= 15 is 0 Å². The maximum atomic E-state index is 8.92. The Bertz CT molecular complexity index is 409. The van der Waals surface area contributed by atoms with E-state index in [1.165, 1.54) is 5.69 Å². The zero-order valence-corrected chi connectivity index (χ0v) is 11.8. The van der Waals surface area contributed by atoms with Gasteiger partial charge in [-0.2, -0.15) is 17.0 Å². The van der Waals surface area contributed by atoms with Gasteiger partial charge in [0.25, 0.3) is 0 Å². The fraction of sp³-hybridized carbons (Fsp3) is 0.500. The molecule has 0 N–H and O–H groups in total. The largest absolute Gasteiger partial charge is 0.371 e. The number of aryl methyl sites for hydroxylation is 1. The molecule has 1 aromatic rings. The first-order valence-electron chi connectivity index (χ1n) is 5.86. The summed E-state index contributed by atoms with van der Waals surface area (Å²) in [6, 6.07) is 8.80. The minimum absolute atomic E-state index is 0.553. The van der Waals surface area contributed by atoms with E-state index in [9.17, 15) is 0 Å². The van der Waals surface area contributed by atoms with Crippen LogP contribution in [-0.2, 0) is 0 Å². The lowest BCUT2D eigenvalue weighted by Gasteiger charge is -2.29. The number of hydrogen-bond acceptors (Lipinski definition) is 3. The highest BCUT2D eigenvalue weighted by Gasteiger charge is 2.13. The molecule has 1 atom stereocenters. The Hall–Kier alpha value is -1.14. The van der Waals surface area contributed by atoms with Crippen LogP contribution in [0, 0.1) is 18.3 Å². The summed E-state index contributed by atoms with van der Waals surface area (Å²) in [7, 11) is 2.13. The molecule has 0 aliphatic heterocycles. The van der Waals surface area contributed by atoms with Gasteiger partial charge in [-0.3, -0.25) is 0 Å². The maximum Gasteiger partial charge on any atom is 0.0994 e. The van der Waals surface area contributed by atoms with Gasteiger partial charge in [-0.05, 0) is 43.4 Å². The first kappa shape index (κ1) is 13.9. The number of thioether (sulfide) groups is 1. The molecule has 0 saturated heterocycles. The van der Waals surface area contributed by atoms with Crippen LogP contribution in [0.2, 0.25) is 0 Å². The van der Waals surface area contributed by atoms with E-state index in [0.717, 1.165) is 23.3 Å². The number of anilines is 1. The van der Waals surface area contributed by atoms with Crippen molar-refractivity contribution in [1.82, 2.24) is 0 Å². The van der Waals surface area contributed by atoms with Crippen molar-refractivity contribution in [2.75, 3.05) is 24.0 Å². The molecular weight excluding hydrogens is 228 g/mol. The van der Waals surface area contributed by atoms with Gasteiger partial charge in [-0.1, -0.05) is 6.92 Å². The van der Waals surface area contributed by atoms with Gasteiger partial charge < -0.3 is 4.90 Å². The molecule has 0 aromatic heterocycles. The Labute approximate surface area is 109 Å². The van der Waals surface area contributed by atoms with Crippen LogP contribution in [0.5, 0.6) is 0 Å². The lowest BCUT2D eigenvalue weighted by molar-refractivity contribution is 0.673. The summed E-state index contributed by atoms with van der Waals surface area (Å²) in [6.07, 6.45) is 3.27. The predicted octanol–water partition coefficient (Wildman–Crippen LogP) is 3.44. The molecule has 0 amide bonds. The topological polar surface area (TPSA) is 27.0 Å². The van der Waals surface area contributed by atoms with Gasteiger partial charge in [-0.25, -0.2) is 0 Å². The molecule has 0 saturated carbocycles. The SMILES string of the molecule is CCC(CSC)N(C)c1ccc(C#N)c(C)c1. The molecular formula is C14H20N2S. The van der Waals surface area contributed by atoms with Crippen molar-refractivity contribution in [3.05, 3.63) is 29.3 Å². The third kappa shape index (κ3) is 3.41. The highest BCUT2D eigenvalue weighted by atomic mass is 32.2. The molecule has 0 spiro atoms. The third-order valence-electron chi connectivity index (χ3n) is 3.12. The molecule has 0 aliphatic carbocycles. The lowest BCUT2D eigenvalue weighted by atomic mass is 10.1. The van der Waals surface area contributed by atoms with Crippen LogP contribution in [0.3, 0.4) is 0 Å². The van der Waals surface area contributed by atoms with Crippen molar-refractivity contribution in [3.8, 4) is 6.07 Å². The Balaban J connectivity index is 2.92. The molecule has 1 unspecified atom stereocenters. The molecule has 92 valence electrons. The first-order valence-corrected chi connectivity index (χ1v) is 7.26. The normalized spacial score (nSPS) is 11.9. The summed E-state index contributed by atoms with van der Waals surface area (Å²) in [5, 5.41) is 8.92. The second-order valence-corrected chi connectivity index (χ2v) is 5.15. The van der Waals surface area contributed by atoms with Crippen molar-refractivity contribution in [2.45, 2.75) is 26.3 Å². The number of benzene rings is 1. The third-order valence-corrected chi connectivity index (χ3v) is 3.83. The van der Waals surface area contributed by atoms with Crippen LogP contribution in [0.25, 0.3) is 0 Å². The minimum Gasteiger partial charge on any atom is -0.371 e. The number of nitriles is 1. The standard InChI is InChI=1S/C14H20N2S/c1-5-13(10-17-4)16(3)14-7-6-12(9-15)11(2)8-14/h6-8,13H,5,10H2,1-4H3. The van der Waals surface area contributed by atoms with Crippen LogP contribution in [0.15, 0.2) is 18.2 Å². The summed E-state index contributed by atoms with van der Waals surface area (Å²) >= 11 is 1.88. The summed E-state index contributed by atoms with van der Waals surface area (Å²) < 4.78 is 0. The molecule has 0 aliphatic rings. The van der Waals surface area contributed by atoms with Crippen LogP contribution in [0.1, 0.15) is 24.5 Å². The second kappa shape index (κ2) is 6.56. The van der Waals surface area contributed by atoms with Crippen LogP contribution in [0.4, 0.5) is 5.69 Å². The van der Waals surface area contributed by atoms with Gasteiger partial charge in [0, 0.05) is 24.5 Å². The van der Waals surface area contributed by atoms with Crippen LogP contribution >= 0.6 is 11.8 Å². The summed E-state index contributed by atoms with van der Waals surface area (Å²) in [5.74, 6) is 1.13. The van der Waals surface area contributed by atoms with E-state index in [-0.39, 0.29) is 0 Å². The molecule has 17 heavy (non-hydrogen) atoms. The van der Waals surface area contributed by atoms with Crippen molar-refractivity contribution in [3.63, 3.8) is 0 Å². The fourth-order valence-corrected chi connectivity index (χ4v) is 2.74. The lowest BCUT2D eigenvalue weighted by Crippen LogP contribution is -2.33. The second-order valence-electron chi connectivity index (χ2n) is 4.24. The number of hydrogen-bond donors (Lipinski definition) is 0. The van der Waals surface area contributed by atoms with E-state index < -0.39 is 0 Å². The average molecular weight is 248 g/mol. The monoisotopic (exact) mass is 248 g/mol. The first-order chi connectivity index (χ1) is 8.13. The van der Waals surface area contributed by atoms with Gasteiger partial charge in [0.2, 0.25) is 0 Å². The van der Waals surface area contributed by atoms with Crippen molar-refractivity contribution < 1.29 is 0 Å². The van der Waals surface area contributed by atoms with Gasteiger partial charge in [0.1, 0.15) is 0 Å². The smallest absolute Gasteiger partial charge is 0.0994 e. The average Bonchev–Trinajstić information content (AvgIpc) is 2.35. The molecule has 1 aromatic carbocycles. The van der Waals surface area contributed by atoms with E-state index in [1.54, 1.807) is 0 Å². The van der Waals surface area contributed by atoms with Crippen molar-refractivity contribution in [2.24, 2.45) is 0 Å². The zero-order valence-electron chi connectivity index (χ0n) is 11.0. The van der Waals surface area contributed by atoms with E-state index in [1.807, 2.05) is 30.8 Å². The van der Waals surface area contributed by atoms with Gasteiger partial charge in [0.15, 0.2) is 0 Å². The number of nitrogens with zero attached hydrogens (tertiary/aromatic N) is 2. The number of rotatable bonds is 5. The van der Waals surface area contributed by atoms with Gasteiger partial charge in [0.05, 0.1) is 11.6 Å². The molecule has 0 fully saturated rings. The Morgan fingerprint density at radius 2 is 2.18 bits per heavy atom. The van der Waals surface area contributed by atoms with E-state index in [0.29, 0.717) is 6.04 Å². The molecule has 1 rings (SSSR count). The zero-order chi connectivity index (χ0) is 12.8. The Kier molecular flexibility index (Phi) is 5.37. The molecule has 3 heteroatoms. The highest BCUT2D eigenvalue weighted by molar-refractivity contribution is 7.98. The molecule has 0 heterocycles. The quantitative estimate of drug-likeness (QED) is 0.798. The van der Waals surface area contributed by atoms with Crippen LogP contribution < -0.4 is 4.90 Å². The highest BCUT2D eigenvalue weighted by Crippen LogP contribution is 2.21. The summed E-state index contributed by atoms with van der Waals surface area (Å²) in [5.41, 5.74) is 3.01. The van der Waals surface area contributed by atoms with E-state index in [4.69, 9.17) is 5.26 Å². The fourth-order valence-electron chi connectivity index (χ4n) is 1.90. The maximum absolute atomic E-state index is 8.92. The van der Waals surface area contributed by atoms with Crippen molar-refractivity contribution in [1.29, 1.82) is 5.26 Å². The van der Waals surface area contributed by atoms with Gasteiger partial charge >= 0.3 is 0 Å². The van der Waals surface area contributed by atoms with E-state index in [2.05, 4.69) is 37.3 Å². The molecule has 0 radical (unpaired) electrons. The summed E-state index contributed by atoms with van der Waals surface area (Å²) in [6.45, 7) is 4.21. The van der Waals surface area contributed by atoms with Crippen molar-refractivity contribution >= 4 is 17.4 Å². The summed E-state index contributed by atoms with van der Waals surface area (Å²) in [4.78, 5) is 2.31. The molecule has 2 nitrogen and oxygen atoms in total. The van der Waals surface area contributed by atoms with Gasteiger partial charge in [-0.15, -0.1) is 0 Å². The molecule has 0 bridgehead atoms. The Morgan fingerprint density at radius 3 is 2.65 bits per heavy atom. The minimum atomic E-state index is 0.553.